The second-order valence-corrected chi connectivity index (χ2v) is 10.7. The molecule has 0 saturated carbocycles. The van der Waals surface area contributed by atoms with Gasteiger partial charge in [0.25, 0.3) is 0 Å². The quantitative estimate of drug-likeness (QED) is 0.329. The first-order valence-corrected chi connectivity index (χ1v) is 12.3. The smallest absolute Gasteiger partial charge is 0.200 e. The number of phenols is 3. The molecule has 4 rings (SSSR count). The highest BCUT2D eigenvalue weighted by molar-refractivity contribution is 5.93. The lowest BCUT2D eigenvalue weighted by Crippen LogP contribution is -2.46. The van der Waals surface area contributed by atoms with E-state index in [1.165, 1.54) is 18.2 Å². The summed E-state index contributed by atoms with van der Waals surface area (Å²) in [4.78, 5) is 14.0. The number of phenolic OH excluding ortho intramolecular Hbond substituents is 3. The summed E-state index contributed by atoms with van der Waals surface area (Å²) in [6.07, 6.45) is 3.62. The van der Waals surface area contributed by atoms with E-state index < -0.39 is 17.1 Å². The first kappa shape index (κ1) is 26.4. The van der Waals surface area contributed by atoms with Gasteiger partial charge in [-0.15, -0.1) is 0 Å². The van der Waals surface area contributed by atoms with E-state index in [1.807, 2.05) is 39.8 Å². The van der Waals surface area contributed by atoms with Crippen molar-refractivity contribution in [2.75, 3.05) is 0 Å². The maximum atomic E-state index is 14.0. The van der Waals surface area contributed by atoms with E-state index in [2.05, 4.69) is 0 Å². The molecule has 196 valence electrons. The molecule has 1 aromatic heterocycles. The zero-order valence-corrected chi connectivity index (χ0v) is 22.1. The lowest BCUT2D eigenvalue weighted by molar-refractivity contribution is -0.0415. The number of aromatic hydroxyl groups is 3. The van der Waals surface area contributed by atoms with Crippen LogP contribution in [0.1, 0.15) is 58.2 Å². The second kappa shape index (κ2) is 9.63. The molecule has 1 atom stereocenters. The lowest BCUT2D eigenvalue weighted by atomic mass is 9.87. The highest BCUT2D eigenvalue weighted by Crippen LogP contribution is 2.47. The zero-order chi connectivity index (χ0) is 27.2. The number of hydrogen-bond donors (Lipinski definition) is 4. The van der Waals surface area contributed by atoms with Crippen molar-refractivity contribution in [1.82, 2.24) is 0 Å². The van der Waals surface area contributed by atoms with Gasteiger partial charge in [0, 0.05) is 29.2 Å². The molecular formula is C30H34O7. The highest BCUT2D eigenvalue weighted by Gasteiger charge is 2.40. The van der Waals surface area contributed by atoms with Crippen molar-refractivity contribution in [2.45, 2.75) is 72.5 Å². The van der Waals surface area contributed by atoms with E-state index in [-0.39, 0.29) is 57.9 Å². The first-order valence-electron chi connectivity index (χ1n) is 12.3. The molecule has 0 amide bonds. The molecule has 0 saturated heterocycles. The van der Waals surface area contributed by atoms with Gasteiger partial charge >= 0.3 is 0 Å². The minimum Gasteiger partial charge on any atom is -0.508 e. The Morgan fingerprint density at radius 1 is 1.03 bits per heavy atom. The van der Waals surface area contributed by atoms with E-state index in [0.717, 1.165) is 11.1 Å². The molecule has 2 aromatic carbocycles. The van der Waals surface area contributed by atoms with Crippen LogP contribution in [0.25, 0.3) is 22.3 Å². The molecule has 1 aliphatic heterocycles. The average molecular weight is 507 g/mol. The third-order valence-electron chi connectivity index (χ3n) is 6.77. The van der Waals surface area contributed by atoms with Gasteiger partial charge in [0.15, 0.2) is 0 Å². The maximum absolute atomic E-state index is 14.0. The predicted molar refractivity (Wildman–Crippen MR) is 144 cm³/mol. The van der Waals surface area contributed by atoms with Gasteiger partial charge in [-0.25, -0.2) is 0 Å². The zero-order valence-electron chi connectivity index (χ0n) is 22.1. The van der Waals surface area contributed by atoms with Gasteiger partial charge in [-0.3, -0.25) is 4.79 Å². The number of benzene rings is 2. The Hall–Kier alpha value is -3.71. The van der Waals surface area contributed by atoms with Crippen LogP contribution in [0, 0.1) is 0 Å². The molecule has 3 aromatic rings. The fourth-order valence-corrected chi connectivity index (χ4v) is 4.54. The van der Waals surface area contributed by atoms with Crippen LogP contribution in [0.15, 0.2) is 50.7 Å². The molecule has 7 heteroatoms. The number of ether oxygens (including phenoxy) is 1. The largest absolute Gasteiger partial charge is 0.508 e. The summed E-state index contributed by atoms with van der Waals surface area (Å²) in [6, 6.07) is 4.05. The number of aliphatic hydroxyl groups is 1. The lowest BCUT2D eigenvalue weighted by Gasteiger charge is -2.38. The van der Waals surface area contributed by atoms with Crippen LogP contribution in [0.4, 0.5) is 0 Å². The van der Waals surface area contributed by atoms with Gasteiger partial charge in [0.1, 0.15) is 45.3 Å². The van der Waals surface area contributed by atoms with E-state index in [0.29, 0.717) is 23.3 Å². The summed E-state index contributed by atoms with van der Waals surface area (Å²) in [5.74, 6) is -0.0824. The van der Waals surface area contributed by atoms with Crippen molar-refractivity contribution in [3.05, 3.63) is 68.4 Å². The third-order valence-corrected chi connectivity index (χ3v) is 6.77. The first-order chi connectivity index (χ1) is 17.3. The summed E-state index contributed by atoms with van der Waals surface area (Å²) >= 11 is 0. The van der Waals surface area contributed by atoms with Crippen LogP contribution >= 0.6 is 0 Å². The fraction of sp³-hybridized carbons (Fsp3) is 0.367. The minimum absolute atomic E-state index is 0.0191. The Morgan fingerprint density at radius 3 is 2.24 bits per heavy atom. The van der Waals surface area contributed by atoms with Crippen molar-refractivity contribution >= 4 is 11.0 Å². The van der Waals surface area contributed by atoms with Crippen LogP contribution in [0.2, 0.25) is 0 Å². The molecule has 0 fully saturated rings. The molecule has 0 bridgehead atoms. The molecule has 1 aliphatic rings. The molecular weight excluding hydrogens is 472 g/mol. The Bertz CT molecular complexity index is 1500. The van der Waals surface area contributed by atoms with Gasteiger partial charge < -0.3 is 29.6 Å². The summed E-state index contributed by atoms with van der Waals surface area (Å²) in [7, 11) is 0. The second-order valence-electron chi connectivity index (χ2n) is 10.7. The van der Waals surface area contributed by atoms with Crippen molar-refractivity contribution in [1.29, 1.82) is 0 Å². The van der Waals surface area contributed by atoms with E-state index in [1.54, 1.807) is 13.8 Å². The minimum atomic E-state index is -0.922. The van der Waals surface area contributed by atoms with Crippen molar-refractivity contribution in [3.63, 3.8) is 0 Å². The summed E-state index contributed by atoms with van der Waals surface area (Å²) in [5, 5.41) is 42.8. The maximum Gasteiger partial charge on any atom is 0.200 e. The van der Waals surface area contributed by atoms with Crippen molar-refractivity contribution < 1.29 is 29.6 Å². The Balaban J connectivity index is 2.16. The SMILES string of the molecule is CC(C)=CCc1c2c(c3oc(-c4ccc(O)cc4O)c(CC=C(C)C)c(=O)c3c1O)C[C@@H](O)C(C)(C)O2. The third kappa shape index (κ3) is 4.83. The fourth-order valence-electron chi connectivity index (χ4n) is 4.54. The van der Waals surface area contributed by atoms with Gasteiger partial charge in [-0.1, -0.05) is 23.3 Å². The van der Waals surface area contributed by atoms with Crippen LogP contribution < -0.4 is 10.2 Å². The molecule has 7 nitrogen and oxygen atoms in total. The Morgan fingerprint density at radius 2 is 1.65 bits per heavy atom. The molecule has 0 aliphatic carbocycles. The number of allylic oxidation sites excluding steroid dienone is 4. The van der Waals surface area contributed by atoms with Crippen molar-refractivity contribution in [2.24, 2.45) is 0 Å². The van der Waals surface area contributed by atoms with Gasteiger partial charge in [-0.05, 0) is 66.5 Å². The topological polar surface area (TPSA) is 120 Å². The van der Waals surface area contributed by atoms with Crippen LogP contribution in [0.5, 0.6) is 23.0 Å². The summed E-state index contributed by atoms with van der Waals surface area (Å²) in [5.41, 5.74) is 2.22. The van der Waals surface area contributed by atoms with E-state index in [9.17, 15) is 25.2 Å². The normalized spacial score (nSPS) is 16.1. The Kier molecular flexibility index (Phi) is 6.86. The summed E-state index contributed by atoms with van der Waals surface area (Å²) in [6.45, 7) is 11.2. The van der Waals surface area contributed by atoms with Crippen LogP contribution in [-0.2, 0) is 19.3 Å². The number of rotatable bonds is 5. The number of fused-ring (bicyclic) bond motifs is 3. The molecule has 4 N–H and O–H groups in total. The molecule has 2 heterocycles. The highest BCUT2D eigenvalue weighted by atomic mass is 16.5. The van der Waals surface area contributed by atoms with Crippen LogP contribution in [0.3, 0.4) is 0 Å². The molecule has 0 unspecified atom stereocenters. The standard InChI is InChI=1S/C30H34O7/c1-15(2)7-10-19-25(34)24-26(35)20(11-8-16(3)4)28-21(14-23(33)30(5,6)37-28)29(24)36-27(19)18-12-9-17(31)13-22(18)32/h7-9,12-13,23,31-33,35H,10-11,14H2,1-6H3/t23-/m1/s1. The van der Waals surface area contributed by atoms with Gasteiger partial charge in [0.05, 0.1) is 11.7 Å². The predicted octanol–water partition coefficient (Wildman–Crippen LogP) is 5.67. The molecule has 0 radical (unpaired) electrons. The number of hydrogen-bond acceptors (Lipinski definition) is 7. The number of aliphatic hydroxyl groups excluding tert-OH is 1. The molecule has 0 spiro atoms. The average Bonchev–Trinajstić information content (AvgIpc) is 2.79. The monoisotopic (exact) mass is 506 g/mol. The summed E-state index contributed by atoms with van der Waals surface area (Å²) < 4.78 is 12.6. The van der Waals surface area contributed by atoms with Gasteiger partial charge in [-0.2, -0.15) is 0 Å². The van der Waals surface area contributed by atoms with Crippen LogP contribution in [-0.4, -0.2) is 32.1 Å². The Labute approximate surface area is 216 Å². The van der Waals surface area contributed by atoms with Crippen molar-refractivity contribution in [3.8, 4) is 34.3 Å². The van der Waals surface area contributed by atoms with E-state index >= 15 is 0 Å². The van der Waals surface area contributed by atoms with Gasteiger partial charge in [0.2, 0.25) is 5.43 Å². The van der Waals surface area contributed by atoms with E-state index in [4.69, 9.17) is 9.15 Å². The molecule has 37 heavy (non-hydrogen) atoms.